The van der Waals surface area contributed by atoms with Crippen LogP contribution in [-0.2, 0) is 6.42 Å². The molecule has 1 aliphatic heterocycles. The molecule has 0 amide bonds. The van der Waals surface area contributed by atoms with Crippen molar-refractivity contribution in [2.45, 2.75) is 12.8 Å². The topological polar surface area (TPSA) is 12.0 Å². The number of benzene rings is 1. The molecule has 1 saturated heterocycles. The molecule has 0 saturated carbocycles. The standard InChI is InChI=1S/C11H11F4N/c12-8-4-7(3-6-1-2-16-5-6)9(13)11(15)10(8)14/h4,6,16H,1-3,5H2. The summed E-state index contributed by atoms with van der Waals surface area (Å²) in [5, 5.41) is 3.07. The average molecular weight is 233 g/mol. The molecular formula is C11H11F4N. The molecular weight excluding hydrogens is 222 g/mol. The van der Waals surface area contributed by atoms with Crippen molar-refractivity contribution < 1.29 is 17.6 Å². The minimum atomic E-state index is -1.74. The van der Waals surface area contributed by atoms with Crippen molar-refractivity contribution in [1.82, 2.24) is 5.32 Å². The lowest BCUT2D eigenvalue weighted by Crippen LogP contribution is -2.12. The Balaban J connectivity index is 2.26. The molecule has 0 bridgehead atoms. The van der Waals surface area contributed by atoms with Crippen molar-refractivity contribution in [2.24, 2.45) is 5.92 Å². The second-order valence-corrected chi connectivity index (χ2v) is 4.02. The molecule has 1 fully saturated rings. The van der Waals surface area contributed by atoms with Gasteiger partial charge in [-0.2, -0.15) is 0 Å². The average Bonchev–Trinajstić information content (AvgIpc) is 2.76. The minimum absolute atomic E-state index is 0.0925. The van der Waals surface area contributed by atoms with Gasteiger partial charge in [0.1, 0.15) is 0 Å². The Morgan fingerprint density at radius 1 is 1.12 bits per heavy atom. The summed E-state index contributed by atoms with van der Waals surface area (Å²) in [5.41, 5.74) is -0.0925. The van der Waals surface area contributed by atoms with Crippen LogP contribution in [0, 0.1) is 29.2 Å². The van der Waals surface area contributed by atoms with Gasteiger partial charge in [0.15, 0.2) is 23.3 Å². The fourth-order valence-electron chi connectivity index (χ4n) is 1.97. The zero-order valence-corrected chi connectivity index (χ0v) is 8.49. The summed E-state index contributed by atoms with van der Waals surface area (Å²) in [6.07, 6.45) is 1.06. The molecule has 1 aromatic rings. The summed E-state index contributed by atoms with van der Waals surface area (Å²) in [6.45, 7) is 1.51. The zero-order chi connectivity index (χ0) is 11.7. The summed E-state index contributed by atoms with van der Waals surface area (Å²) in [5.74, 6) is -5.92. The number of nitrogens with one attached hydrogen (secondary N) is 1. The van der Waals surface area contributed by atoms with E-state index < -0.39 is 23.3 Å². The van der Waals surface area contributed by atoms with Crippen molar-refractivity contribution >= 4 is 0 Å². The Hall–Kier alpha value is -1.10. The third-order valence-electron chi connectivity index (χ3n) is 2.85. The first-order valence-electron chi connectivity index (χ1n) is 5.12. The van der Waals surface area contributed by atoms with Gasteiger partial charge in [-0.3, -0.25) is 0 Å². The molecule has 0 aromatic heterocycles. The zero-order valence-electron chi connectivity index (χ0n) is 8.49. The molecule has 1 aromatic carbocycles. The third kappa shape index (κ3) is 2.04. The van der Waals surface area contributed by atoms with E-state index >= 15 is 0 Å². The number of hydrogen-bond acceptors (Lipinski definition) is 1. The summed E-state index contributed by atoms with van der Waals surface area (Å²) in [7, 11) is 0. The largest absolute Gasteiger partial charge is 0.316 e. The van der Waals surface area contributed by atoms with E-state index in [1.807, 2.05) is 0 Å². The summed E-state index contributed by atoms with van der Waals surface area (Å²) < 4.78 is 51.8. The van der Waals surface area contributed by atoms with Crippen LogP contribution in [0.1, 0.15) is 12.0 Å². The molecule has 5 heteroatoms. The van der Waals surface area contributed by atoms with Crippen LogP contribution in [-0.4, -0.2) is 13.1 Å². The lowest BCUT2D eigenvalue weighted by molar-refractivity contribution is 0.399. The van der Waals surface area contributed by atoms with Gasteiger partial charge in [0, 0.05) is 0 Å². The highest BCUT2D eigenvalue weighted by atomic mass is 19.2. The van der Waals surface area contributed by atoms with Gasteiger partial charge in [-0.25, -0.2) is 17.6 Å². The van der Waals surface area contributed by atoms with Crippen molar-refractivity contribution in [3.63, 3.8) is 0 Å². The maximum absolute atomic E-state index is 13.3. The van der Waals surface area contributed by atoms with Gasteiger partial charge >= 0.3 is 0 Å². The van der Waals surface area contributed by atoms with E-state index in [9.17, 15) is 17.6 Å². The van der Waals surface area contributed by atoms with Crippen LogP contribution >= 0.6 is 0 Å². The van der Waals surface area contributed by atoms with E-state index in [1.165, 1.54) is 0 Å². The van der Waals surface area contributed by atoms with Gasteiger partial charge < -0.3 is 5.32 Å². The van der Waals surface area contributed by atoms with Gasteiger partial charge in [0.25, 0.3) is 0 Å². The molecule has 16 heavy (non-hydrogen) atoms. The van der Waals surface area contributed by atoms with Crippen LogP contribution in [0.5, 0.6) is 0 Å². The van der Waals surface area contributed by atoms with E-state index in [1.54, 1.807) is 0 Å². The van der Waals surface area contributed by atoms with Crippen LogP contribution in [0.3, 0.4) is 0 Å². The SMILES string of the molecule is Fc1cc(CC2CCNC2)c(F)c(F)c1F. The molecule has 1 aliphatic rings. The molecule has 1 heterocycles. The van der Waals surface area contributed by atoms with Gasteiger partial charge in [0.05, 0.1) is 0 Å². The molecule has 1 nitrogen and oxygen atoms in total. The fraction of sp³-hybridized carbons (Fsp3) is 0.455. The fourth-order valence-corrected chi connectivity index (χ4v) is 1.97. The van der Waals surface area contributed by atoms with Gasteiger partial charge in [-0.1, -0.05) is 0 Å². The maximum atomic E-state index is 13.3. The van der Waals surface area contributed by atoms with Crippen LogP contribution in [0.15, 0.2) is 6.07 Å². The van der Waals surface area contributed by atoms with E-state index in [0.29, 0.717) is 6.54 Å². The molecule has 0 spiro atoms. The second-order valence-electron chi connectivity index (χ2n) is 4.02. The molecule has 1 atom stereocenters. The molecule has 88 valence electrons. The minimum Gasteiger partial charge on any atom is -0.316 e. The van der Waals surface area contributed by atoms with E-state index in [-0.39, 0.29) is 17.9 Å². The van der Waals surface area contributed by atoms with Crippen LogP contribution in [0.4, 0.5) is 17.6 Å². The Morgan fingerprint density at radius 3 is 2.50 bits per heavy atom. The molecule has 0 radical (unpaired) electrons. The van der Waals surface area contributed by atoms with Crippen LogP contribution in [0.25, 0.3) is 0 Å². The smallest absolute Gasteiger partial charge is 0.197 e. The molecule has 1 N–H and O–H groups in total. The first-order chi connectivity index (χ1) is 7.59. The number of hydrogen-bond donors (Lipinski definition) is 1. The van der Waals surface area contributed by atoms with Crippen LogP contribution in [0.2, 0.25) is 0 Å². The van der Waals surface area contributed by atoms with Crippen molar-refractivity contribution in [3.05, 3.63) is 34.9 Å². The lowest BCUT2D eigenvalue weighted by atomic mass is 9.98. The monoisotopic (exact) mass is 233 g/mol. The second kappa shape index (κ2) is 4.41. The van der Waals surface area contributed by atoms with E-state index in [2.05, 4.69) is 5.32 Å². The summed E-state index contributed by atoms with van der Waals surface area (Å²) in [4.78, 5) is 0. The van der Waals surface area contributed by atoms with Gasteiger partial charge in [-0.05, 0) is 43.5 Å². The Labute approximate surface area is 90.5 Å². The summed E-state index contributed by atoms with van der Waals surface area (Å²) in [6, 6.07) is 0.742. The molecule has 0 aliphatic carbocycles. The Bertz CT molecular complexity index is 399. The number of halogens is 4. The summed E-state index contributed by atoms with van der Waals surface area (Å²) >= 11 is 0. The Morgan fingerprint density at radius 2 is 1.88 bits per heavy atom. The highest BCUT2D eigenvalue weighted by Crippen LogP contribution is 2.23. The number of rotatable bonds is 2. The van der Waals surface area contributed by atoms with E-state index in [0.717, 1.165) is 19.0 Å². The predicted octanol–water partition coefficient (Wildman–Crippen LogP) is 2.40. The highest BCUT2D eigenvalue weighted by Gasteiger charge is 2.22. The molecule has 2 rings (SSSR count). The van der Waals surface area contributed by atoms with Crippen molar-refractivity contribution in [3.8, 4) is 0 Å². The van der Waals surface area contributed by atoms with Gasteiger partial charge in [-0.15, -0.1) is 0 Å². The third-order valence-corrected chi connectivity index (χ3v) is 2.85. The first-order valence-corrected chi connectivity index (χ1v) is 5.12. The molecule has 1 unspecified atom stereocenters. The van der Waals surface area contributed by atoms with E-state index in [4.69, 9.17) is 0 Å². The van der Waals surface area contributed by atoms with Gasteiger partial charge in [0.2, 0.25) is 0 Å². The normalized spacial score (nSPS) is 20.4. The predicted molar refractivity (Wildman–Crippen MR) is 51.0 cm³/mol. The maximum Gasteiger partial charge on any atom is 0.197 e. The highest BCUT2D eigenvalue weighted by molar-refractivity contribution is 5.22. The van der Waals surface area contributed by atoms with Crippen molar-refractivity contribution in [1.29, 1.82) is 0 Å². The lowest BCUT2D eigenvalue weighted by Gasteiger charge is -2.10. The first kappa shape index (κ1) is 11.4. The Kier molecular flexibility index (Phi) is 3.14. The van der Waals surface area contributed by atoms with Crippen LogP contribution < -0.4 is 5.32 Å². The quantitative estimate of drug-likeness (QED) is 0.470. The van der Waals surface area contributed by atoms with Crippen molar-refractivity contribution in [2.75, 3.05) is 13.1 Å².